The number of hydrogen-bond donors (Lipinski definition) is 2. The van der Waals surface area contributed by atoms with Crippen LogP contribution >= 0.6 is 0 Å². The van der Waals surface area contributed by atoms with Crippen molar-refractivity contribution in [2.45, 2.75) is 23.9 Å². The molecule has 0 aliphatic heterocycles. The van der Waals surface area contributed by atoms with Crippen LogP contribution < -0.4 is 15.4 Å². The van der Waals surface area contributed by atoms with Gasteiger partial charge in [0.05, 0.1) is 10.5 Å². The van der Waals surface area contributed by atoms with E-state index in [4.69, 9.17) is 5.14 Å². The molecule has 0 amide bonds. The zero-order valence-electron chi connectivity index (χ0n) is 21.0. The van der Waals surface area contributed by atoms with Gasteiger partial charge in [0, 0.05) is 37.5 Å². The van der Waals surface area contributed by atoms with Crippen LogP contribution in [0.5, 0.6) is 0 Å². The van der Waals surface area contributed by atoms with Gasteiger partial charge in [-0.25, -0.2) is 22.9 Å². The molecule has 0 atom stereocenters. The summed E-state index contributed by atoms with van der Waals surface area (Å²) in [7, 11) is -2.13. The van der Waals surface area contributed by atoms with Crippen molar-refractivity contribution in [3.05, 3.63) is 102 Å². The summed E-state index contributed by atoms with van der Waals surface area (Å²) >= 11 is 0. The van der Waals surface area contributed by atoms with Gasteiger partial charge < -0.3 is 10.2 Å². The third-order valence-electron chi connectivity index (χ3n) is 5.89. The number of nitrogens with two attached hydrogens (primary N) is 1. The fourth-order valence-corrected chi connectivity index (χ4v) is 4.39. The smallest absolute Gasteiger partial charge is 0.329 e. The lowest BCUT2D eigenvalue weighted by Crippen LogP contribution is -2.13. The number of anilines is 4. The predicted octanol–water partition coefficient (Wildman–Crippen LogP) is 5.15. The van der Waals surface area contributed by atoms with E-state index in [9.17, 15) is 30.8 Å². The Labute approximate surface area is 227 Å². The number of ketones is 1. The van der Waals surface area contributed by atoms with Crippen LogP contribution in [0.2, 0.25) is 0 Å². The molecule has 8 nitrogen and oxygen atoms in total. The lowest BCUT2D eigenvalue weighted by atomic mass is 10.0. The average Bonchev–Trinajstić information content (AvgIpc) is 2.89. The van der Waals surface area contributed by atoms with Crippen molar-refractivity contribution in [1.29, 1.82) is 0 Å². The highest BCUT2D eigenvalue weighted by atomic mass is 32.2. The van der Waals surface area contributed by atoms with E-state index in [2.05, 4.69) is 15.3 Å². The third kappa shape index (κ3) is 7.18. The topological polar surface area (TPSA) is 118 Å². The summed E-state index contributed by atoms with van der Waals surface area (Å²) in [4.78, 5) is 22.8. The number of nitrogens with zero attached hydrogens (tertiary/aromatic N) is 3. The summed E-state index contributed by atoms with van der Waals surface area (Å²) in [6.07, 6.45) is -3.66. The molecule has 0 saturated heterocycles. The van der Waals surface area contributed by atoms with E-state index in [1.54, 1.807) is 48.3 Å². The number of nitrogens with one attached hydrogen (secondary N) is 1. The zero-order valence-corrected chi connectivity index (χ0v) is 21.8. The monoisotopic (exact) mass is 573 g/mol. The van der Waals surface area contributed by atoms with E-state index in [1.807, 2.05) is 0 Å². The molecule has 13 heteroatoms. The van der Waals surface area contributed by atoms with Crippen LogP contribution in [-0.2, 0) is 33.8 Å². The molecule has 0 saturated carbocycles. The molecular weight excluding hydrogens is 550 g/mol. The standard InChI is InChI=1S/C27H23F4N5O3S/c1-36(25-11-12-33-26(35-25)34-20-3-2-4-23(16-20)40(32,38)39)21-8-5-17(6-9-21)13-22(37)15-18-14-19(27(29,30)31)7-10-24(18)28/h2-12,14,16H,13,15H2,1H3,(H2,32,38,39)(H,33,34,35). The molecule has 1 aromatic heterocycles. The van der Waals surface area contributed by atoms with Gasteiger partial charge in [-0.1, -0.05) is 18.2 Å². The van der Waals surface area contributed by atoms with E-state index >= 15 is 0 Å². The minimum Gasteiger partial charge on any atom is -0.329 e. The number of benzene rings is 3. The number of sulfonamides is 1. The molecule has 0 bridgehead atoms. The van der Waals surface area contributed by atoms with Crippen molar-refractivity contribution < 1.29 is 30.8 Å². The summed E-state index contributed by atoms with van der Waals surface area (Å²) in [5.74, 6) is -0.588. The van der Waals surface area contributed by atoms with Crippen molar-refractivity contribution in [3.63, 3.8) is 0 Å². The van der Waals surface area contributed by atoms with Gasteiger partial charge in [0.1, 0.15) is 17.4 Å². The highest BCUT2D eigenvalue weighted by Gasteiger charge is 2.31. The van der Waals surface area contributed by atoms with Crippen molar-refractivity contribution in [2.24, 2.45) is 5.14 Å². The second-order valence-corrected chi connectivity index (χ2v) is 10.4. The minimum atomic E-state index is -4.63. The van der Waals surface area contributed by atoms with Gasteiger partial charge in [0.15, 0.2) is 0 Å². The molecule has 3 aromatic carbocycles. The fourth-order valence-electron chi connectivity index (χ4n) is 3.83. The number of halogens is 4. The normalized spacial score (nSPS) is 11.8. The third-order valence-corrected chi connectivity index (χ3v) is 6.80. The number of hydrogen-bond acceptors (Lipinski definition) is 7. The average molecular weight is 574 g/mol. The van der Waals surface area contributed by atoms with E-state index in [0.717, 1.165) is 0 Å². The van der Waals surface area contributed by atoms with E-state index in [0.29, 0.717) is 41.0 Å². The number of aromatic nitrogens is 2. The number of carbonyl (C=O) groups is 1. The Morgan fingerprint density at radius 2 is 1.73 bits per heavy atom. The first-order valence-electron chi connectivity index (χ1n) is 11.7. The number of primary sulfonamides is 1. The Morgan fingerprint density at radius 1 is 1.00 bits per heavy atom. The molecule has 0 spiro atoms. The van der Waals surface area contributed by atoms with E-state index in [1.165, 1.54) is 24.4 Å². The molecule has 4 aromatic rings. The van der Waals surface area contributed by atoms with Crippen molar-refractivity contribution in [1.82, 2.24) is 9.97 Å². The molecule has 0 aliphatic carbocycles. The molecule has 0 fully saturated rings. The van der Waals surface area contributed by atoms with E-state index < -0.39 is 39.8 Å². The van der Waals surface area contributed by atoms with E-state index in [-0.39, 0.29) is 22.8 Å². The molecule has 4 rings (SSSR count). The molecule has 1 heterocycles. The molecule has 0 aliphatic rings. The van der Waals surface area contributed by atoms with Gasteiger partial charge in [-0.15, -0.1) is 0 Å². The molecule has 0 unspecified atom stereocenters. The lowest BCUT2D eigenvalue weighted by Gasteiger charge is -2.19. The summed E-state index contributed by atoms with van der Waals surface area (Å²) < 4.78 is 76.0. The number of carbonyl (C=O) groups excluding carboxylic acids is 1. The highest BCUT2D eigenvalue weighted by Crippen LogP contribution is 2.31. The maximum atomic E-state index is 14.0. The quantitative estimate of drug-likeness (QED) is 0.266. The maximum absolute atomic E-state index is 14.0. The molecule has 0 radical (unpaired) electrons. The zero-order chi connectivity index (χ0) is 29.1. The summed E-state index contributed by atoms with van der Waals surface area (Å²) in [6, 6.07) is 16.4. The Balaban J connectivity index is 1.42. The lowest BCUT2D eigenvalue weighted by molar-refractivity contribution is -0.137. The Kier molecular flexibility index (Phi) is 8.16. The van der Waals surface area contributed by atoms with Crippen LogP contribution in [0.4, 0.5) is 40.7 Å². The van der Waals surface area contributed by atoms with Gasteiger partial charge >= 0.3 is 6.18 Å². The predicted molar refractivity (Wildman–Crippen MR) is 141 cm³/mol. The van der Waals surface area contributed by atoms with Crippen LogP contribution in [-0.4, -0.2) is 31.2 Å². The molecular formula is C27H23F4N5O3S. The van der Waals surface area contributed by atoms with Crippen LogP contribution in [0.25, 0.3) is 0 Å². The van der Waals surface area contributed by atoms with Crippen LogP contribution in [0, 0.1) is 5.82 Å². The largest absolute Gasteiger partial charge is 0.416 e. The second kappa shape index (κ2) is 11.4. The summed E-state index contributed by atoms with van der Waals surface area (Å²) in [5.41, 5.74) is 0.422. The SMILES string of the molecule is CN(c1ccc(CC(=O)Cc2cc(C(F)(F)F)ccc2F)cc1)c1ccnc(Nc2cccc(S(N)(=O)=O)c2)n1. The Morgan fingerprint density at radius 3 is 2.40 bits per heavy atom. The van der Waals surface area contributed by atoms with Crippen LogP contribution in [0.15, 0.2) is 83.9 Å². The van der Waals surface area contributed by atoms with Gasteiger partial charge in [-0.05, 0) is 65.7 Å². The molecule has 208 valence electrons. The van der Waals surface area contributed by atoms with Crippen LogP contribution in [0.3, 0.4) is 0 Å². The fraction of sp³-hybridized carbons (Fsp3) is 0.148. The van der Waals surface area contributed by atoms with Crippen LogP contribution in [0.1, 0.15) is 16.7 Å². The summed E-state index contributed by atoms with van der Waals surface area (Å²) in [6.45, 7) is 0. The number of rotatable bonds is 9. The Hall–Kier alpha value is -4.36. The van der Waals surface area contributed by atoms with Gasteiger partial charge in [0.2, 0.25) is 16.0 Å². The second-order valence-electron chi connectivity index (χ2n) is 8.86. The van der Waals surface area contributed by atoms with Gasteiger partial charge in [0.25, 0.3) is 0 Å². The van der Waals surface area contributed by atoms with Gasteiger partial charge in [-0.2, -0.15) is 18.2 Å². The van der Waals surface area contributed by atoms with Crippen molar-refractivity contribution in [3.8, 4) is 0 Å². The first kappa shape index (κ1) is 28.6. The maximum Gasteiger partial charge on any atom is 0.416 e. The summed E-state index contributed by atoms with van der Waals surface area (Å²) in [5, 5.41) is 8.11. The highest BCUT2D eigenvalue weighted by molar-refractivity contribution is 7.89. The molecule has 3 N–H and O–H groups in total. The number of alkyl halides is 3. The van der Waals surface area contributed by atoms with Gasteiger partial charge in [-0.3, -0.25) is 4.79 Å². The Bertz CT molecular complexity index is 1640. The first-order chi connectivity index (χ1) is 18.8. The molecule has 40 heavy (non-hydrogen) atoms. The number of Topliss-reactive ketones (excluding diaryl/α,β-unsaturated/α-hetero) is 1. The van der Waals surface area contributed by atoms with Crippen molar-refractivity contribution >= 4 is 38.9 Å². The minimum absolute atomic E-state index is 0.0655. The van der Waals surface area contributed by atoms with Crippen molar-refractivity contribution in [2.75, 3.05) is 17.3 Å². The first-order valence-corrected chi connectivity index (χ1v) is 13.3.